The molecule has 1 unspecified atom stereocenters. The standard InChI is InChI=1S/C25H35N5O/c1-4-26-25(28-19-23(29(2)3)17-20-9-6-5-7-10-20)27-18-21-12-14-22(15-13-21)30-16-8-11-24(30)31/h5-7,9-10,12-15,23H,4,8,11,16-19H2,1-3H3,(H2,26,27,28). The summed E-state index contributed by atoms with van der Waals surface area (Å²) in [4.78, 5) is 20.8. The van der Waals surface area contributed by atoms with Gasteiger partial charge in [0.25, 0.3) is 0 Å². The maximum atomic E-state index is 11.9. The number of nitrogens with one attached hydrogen (secondary N) is 2. The van der Waals surface area contributed by atoms with Crippen LogP contribution in [0.1, 0.15) is 30.9 Å². The second-order valence-corrected chi connectivity index (χ2v) is 8.20. The Balaban J connectivity index is 1.58. The monoisotopic (exact) mass is 421 g/mol. The summed E-state index contributed by atoms with van der Waals surface area (Å²) in [5, 5.41) is 6.84. The van der Waals surface area contributed by atoms with Crippen LogP contribution in [0.15, 0.2) is 59.6 Å². The van der Waals surface area contributed by atoms with Gasteiger partial charge >= 0.3 is 0 Å². The molecule has 0 radical (unpaired) electrons. The van der Waals surface area contributed by atoms with Gasteiger partial charge in [-0.15, -0.1) is 0 Å². The van der Waals surface area contributed by atoms with Gasteiger partial charge in [0, 0.05) is 37.8 Å². The fourth-order valence-corrected chi connectivity index (χ4v) is 3.75. The lowest BCUT2D eigenvalue weighted by Gasteiger charge is -2.25. The number of likely N-dealkylation sites (N-methyl/N-ethyl adjacent to an activating group) is 1. The number of anilines is 1. The molecule has 1 fully saturated rings. The Kier molecular flexibility index (Phi) is 8.47. The van der Waals surface area contributed by atoms with Crippen LogP contribution in [0.4, 0.5) is 5.69 Å². The van der Waals surface area contributed by atoms with Gasteiger partial charge in [0.05, 0.1) is 6.54 Å². The number of aliphatic imine (C=N–C) groups is 1. The van der Waals surface area contributed by atoms with Crippen molar-refractivity contribution < 1.29 is 4.79 Å². The molecule has 0 spiro atoms. The van der Waals surface area contributed by atoms with E-state index in [1.54, 1.807) is 0 Å². The fraction of sp³-hybridized carbons (Fsp3) is 0.440. The molecule has 1 atom stereocenters. The lowest BCUT2D eigenvalue weighted by atomic mass is 10.1. The molecule has 2 aromatic rings. The average molecular weight is 422 g/mol. The first-order valence-electron chi connectivity index (χ1n) is 11.2. The lowest BCUT2D eigenvalue weighted by molar-refractivity contribution is -0.117. The van der Waals surface area contributed by atoms with Crippen molar-refractivity contribution >= 4 is 17.6 Å². The summed E-state index contributed by atoms with van der Waals surface area (Å²) in [7, 11) is 4.23. The molecule has 1 aliphatic rings. The molecule has 1 aliphatic heterocycles. The fourth-order valence-electron chi connectivity index (χ4n) is 3.75. The minimum absolute atomic E-state index is 0.218. The van der Waals surface area contributed by atoms with Gasteiger partial charge in [0.2, 0.25) is 5.91 Å². The topological polar surface area (TPSA) is 60.0 Å². The zero-order valence-corrected chi connectivity index (χ0v) is 19.0. The Morgan fingerprint density at radius 1 is 1.06 bits per heavy atom. The van der Waals surface area contributed by atoms with E-state index in [0.717, 1.165) is 49.7 Å². The number of amides is 1. The number of rotatable bonds is 9. The quantitative estimate of drug-likeness (QED) is 0.483. The van der Waals surface area contributed by atoms with Crippen LogP contribution in [0.3, 0.4) is 0 Å². The Morgan fingerprint density at radius 2 is 1.81 bits per heavy atom. The van der Waals surface area contributed by atoms with E-state index in [0.29, 0.717) is 19.0 Å². The van der Waals surface area contributed by atoms with Crippen molar-refractivity contribution in [3.05, 3.63) is 65.7 Å². The van der Waals surface area contributed by atoms with E-state index in [1.807, 2.05) is 17.0 Å². The minimum Gasteiger partial charge on any atom is -0.357 e. The van der Waals surface area contributed by atoms with Crippen molar-refractivity contribution in [3.8, 4) is 0 Å². The SMILES string of the molecule is CCNC(=NCc1ccc(N2CCCC2=O)cc1)NCC(Cc1ccccc1)N(C)C. The Hall–Kier alpha value is -2.86. The first-order chi connectivity index (χ1) is 15.1. The van der Waals surface area contributed by atoms with Gasteiger partial charge in [-0.25, -0.2) is 4.99 Å². The molecule has 2 N–H and O–H groups in total. The summed E-state index contributed by atoms with van der Waals surface area (Å²) in [6.07, 6.45) is 2.58. The molecule has 1 saturated heterocycles. The maximum Gasteiger partial charge on any atom is 0.227 e. The second kappa shape index (κ2) is 11.5. The number of hydrogen-bond donors (Lipinski definition) is 2. The highest BCUT2D eigenvalue weighted by atomic mass is 16.2. The number of hydrogen-bond acceptors (Lipinski definition) is 3. The largest absolute Gasteiger partial charge is 0.357 e. The molecule has 2 aromatic carbocycles. The lowest BCUT2D eigenvalue weighted by Crippen LogP contribution is -2.46. The molecule has 6 heteroatoms. The zero-order chi connectivity index (χ0) is 22.1. The number of nitrogens with zero attached hydrogens (tertiary/aromatic N) is 3. The Bertz CT molecular complexity index is 848. The second-order valence-electron chi connectivity index (χ2n) is 8.20. The molecule has 1 heterocycles. The Labute approximate surface area is 186 Å². The van der Waals surface area contributed by atoms with Crippen LogP contribution in [-0.4, -0.2) is 56.5 Å². The minimum atomic E-state index is 0.218. The first kappa shape index (κ1) is 22.8. The number of guanidine groups is 1. The van der Waals surface area contributed by atoms with Gasteiger partial charge < -0.3 is 20.4 Å². The van der Waals surface area contributed by atoms with Gasteiger partial charge in [-0.05, 0) is 57.1 Å². The number of benzene rings is 2. The molecule has 3 rings (SSSR count). The van der Waals surface area contributed by atoms with Crippen LogP contribution < -0.4 is 15.5 Å². The summed E-state index contributed by atoms with van der Waals surface area (Å²) in [6, 6.07) is 19.1. The van der Waals surface area contributed by atoms with Crippen LogP contribution in [0.25, 0.3) is 0 Å². The smallest absolute Gasteiger partial charge is 0.227 e. The van der Waals surface area contributed by atoms with Crippen molar-refractivity contribution in [1.29, 1.82) is 0 Å². The molecular weight excluding hydrogens is 386 g/mol. The predicted molar refractivity (Wildman–Crippen MR) is 128 cm³/mol. The molecule has 0 bridgehead atoms. The number of carbonyl (C=O) groups is 1. The molecule has 1 amide bonds. The predicted octanol–water partition coefficient (Wildman–Crippen LogP) is 3.04. The van der Waals surface area contributed by atoms with E-state index in [9.17, 15) is 4.79 Å². The summed E-state index contributed by atoms with van der Waals surface area (Å²) in [5.41, 5.74) is 3.44. The highest BCUT2D eigenvalue weighted by molar-refractivity contribution is 5.95. The highest BCUT2D eigenvalue weighted by Gasteiger charge is 2.21. The van der Waals surface area contributed by atoms with Crippen molar-refractivity contribution in [2.75, 3.05) is 38.6 Å². The third-order valence-corrected chi connectivity index (χ3v) is 5.63. The van der Waals surface area contributed by atoms with Gasteiger partial charge in [-0.1, -0.05) is 42.5 Å². The van der Waals surface area contributed by atoms with Gasteiger partial charge in [0.15, 0.2) is 5.96 Å². The Morgan fingerprint density at radius 3 is 2.42 bits per heavy atom. The van der Waals surface area contributed by atoms with E-state index in [-0.39, 0.29) is 5.91 Å². The average Bonchev–Trinajstić information content (AvgIpc) is 3.21. The van der Waals surface area contributed by atoms with Crippen molar-refractivity contribution in [2.24, 2.45) is 4.99 Å². The van der Waals surface area contributed by atoms with Crippen molar-refractivity contribution in [1.82, 2.24) is 15.5 Å². The van der Waals surface area contributed by atoms with E-state index in [4.69, 9.17) is 4.99 Å². The molecular formula is C25H35N5O. The van der Waals surface area contributed by atoms with Crippen molar-refractivity contribution in [3.63, 3.8) is 0 Å². The van der Waals surface area contributed by atoms with E-state index >= 15 is 0 Å². The molecule has 6 nitrogen and oxygen atoms in total. The van der Waals surface area contributed by atoms with Crippen molar-refractivity contribution in [2.45, 2.75) is 38.8 Å². The third-order valence-electron chi connectivity index (χ3n) is 5.63. The molecule has 31 heavy (non-hydrogen) atoms. The first-order valence-corrected chi connectivity index (χ1v) is 11.2. The van der Waals surface area contributed by atoms with Crippen LogP contribution in [0.5, 0.6) is 0 Å². The van der Waals surface area contributed by atoms with Crippen LogP contribution in [-0.2, 0) is 17.8 Å². The third kappa shape index (κ3) is 6.82. The van der Waals surface area contributed by atoms with Gasteiger partial charge in [-0.3, -0.25) is 4.79 Å². The van der Waals surface area contributed by atoms with E-state index in [1.165, 1.54) is 5.56 Å². The molecule has 0 aromatic heterocycles. The highest BCUT2D eigenvalue weighted by Crippen LogP contribution is 2.21. The summed E-state index contributed by atoms with van der Waals surface area (Å²) in [5.74, 6) is 1.04. The van der Waals surface area contributed by atoms with Gasteiger partial charge in [0.1, 0.15) is 0 Å². The van der Waals surface area contributed by atoms with Crippen LogP contribution in [0, 0.1) is 0 Å². The van der Waals surface area contributed by atoms with Gasteiger partial charge in [-0.2, -0.15) is 0 Å². The molecule has 0 aliphatic carbocycles. The van der Waals surface area contributed by atoms with Crippen LogP contribution in [0.2, 0.25) is 0 Å². The van der Waals surface area contributed by atoms with Crippen LogP contribution >= 0.6 is 0 Å². The summed E-state index contributed by atoms with van der Waals surface area (Å²) >= 11 is 0. The summed E-state index contributed by atoms with van der Waals surface area (Å²) < 4.78 is 0. The van der Waals surface area contributed by atoms with E-state index in [2.05, 4.69) is 79.0 Å². The zero-order valence-electron chi connectivity index (χ0n) is 19.0. The normalized spacial score (nSPS) is 15.4. The molecule has 166 valence electrons. The maximum absolute atomic E-state index is 11.9. The number of carbonyl (C=O) groups excluding carboxylic acids is 1. The summed E-state index contributed by atoms with van der Waals surface area (Å²) in [6.45, 7) is 5.11. The molecule has 0 saturated carbocycles. The van der Waals surface area contributed by atoms with E-state index < -0.39 is 0 Å².